The number of rotatable bonds is 6. The number of hydrogen-bond donors (Lipinski definition) is 3. The number of carbonyl (C=O) groups excluding carboxylic acids is 1. The monoisotopic (exact) mass is 622 g/mol. The molecular formula is C29H31F4N4O3PS. The molecule has 0 aliphatic carbocycles. The molecular weight excluding hydrogens is 591 g/mol. The Bertz CT molecular complexity index is 1620. The number of halogens is 4. The second-order valence-electron chi connectivity index (χ2n) is 10.9. The van der Waals surface area contributed by atoms with E-state index in [1.807, 2.05) is 11.9 Å². The van der Waals surface area contributed by atoms with Crippen LogP contribution in [0.15, 0.2) is 30.3 Å². The lowest BCUT2D eigenvalue weighted by atomic mass is 10.0. The van der Waals surface area contributed by atoms with Gasteiger partial charge in [-0.3, -0.25) is 4.79 Å². The molecule has 2 aliphatic rings. The van der Waals surface area contributed by atoms with Crippen molar-refractivity contribution in [2.24, 2.45) is 0 Å². The number of carbonyl (C=O) groups is 1. The Balaban J connectivity index is 1.42. The first kappa shape index (κ1) is 30.2. The Morgan fingerprint density at radius 2 is 2.00 bits per heavy atom. The molecule has 1 fully saturated rings. The van der Waals surface area contributed by atoms with Gasteiger partial charge in [0.25, 0.3) is 5.91 Å². The van der Waals surface area contributed by atoms with Crippen molar-refractivity contribution in [3.05, 3.63) is 40.8 Å². The Morgan fingerprint density at radius 1 is 1.21 bits per heavy atom. The van der Waals surface area contributed by atoms with Gasteiger partial charge in [-0.2, -0.15) is 13.2 Å². The molecule has 2 aromatic carbocycles. The fraction of sp³-hybridized carbons (Fsp3) is 0.414. The normalized spacial score (nSPS) is 19.4. The van der Waals surface area contributed by atoms with Crippen LogP contribution < -0.4 is 26.0 Å². The molecule has 3 heterocycles. The van der Waals surface area contributed by atoms with E-state index in [2.05, 4.69) is 27.8 Å². The largest absolute Gasteiger partial charge is 0.479 e. The van der Waals surface area contributed by atoms with E-state index < -0.39 is 32.0 Å². The summed E-state index contributed by atoms with van der Waals surface area (Å²) >= 11 is 1.16. The number of ether oxygens (including phenoxy) is 1. The lowest BCUT2D eigenvalue weighted by Gasteiger charge is -2.33. The molecule has 7 nitrogen and oxygen atoms in total. The summed E-state index contributed by atoms with van der Waals surface area (Å²) in [5, 5.41) is 9.98. The number of alkyl halides is 4. The number of nitrogens with zero attached hydrogens (tertiary/aromatic N) is 1. The van der Waals surface area contributed by atoms with E-state index in [-0.39, 0.29) is 29.5 Å². The molecule has 2 atom stereocenters. The van der Waals surface area contributed by atoms with E-state index in [0.717, 1.165) is 17.9 Å². The van der Waals surface area contributed by atoms with Crippen LogP contribution in [0.1, 0.15) is 16.9 Å². The molecule has 1 amide bonds. The van der Waals surface area contributed by atoms with Gasteiger partial charge in [-0.15, -0.1) is 11.3 Å². The molecule has 224 valence electrons. The first-order valence-corrected chi connectivity index (χ1v) is 16.8. The average Bonchev–Trinajstić information content (AvgIpc) is 3.23. The van der Waals surface area contributed by atoms with Gasteiger partial charge in [0.1, 0.15) is 13.3 Å². The fourth-order valence-corrected chi connectivity index (χ4v) is 7.49. The number of piperidine rings is 1. The number of nitrogens with one attached hydrogen (secondary N) is 3. The summed E-state index contributed by atoms with van der Waals surface area (Å²) in [6, 6.07) is 7.98. The van der Waals surface area contributed by atoms with Crippen molar-refractivity contribution >= 4 is 56.8 Å². The Kier molecular flexibility index (Phi) is 8.48. The molecule has 13 heteroatoms. The number of benzene rings is 2. The van der Waals surface area contributed by atoms with Crippen LogP contribution in [0.25, 0.3) is 10.1 Å². The number of fused-ring (bicyclic) bond motifs is 2. The first-order valence-electron chi connectivity index (χ1n) is 13.4. The summed E-state index contributed by atoms with van der Waals surface area (Å²) in [7, 11) is -0.869. The second kappa shape index (κ2) is 11.8. The SMILES string of the molecule is CN1CC[C@H](Nc2cccc3c(CC(F)(F)F)c(C#CCNc4ccc(P(C)(C)=O)c5c4OCC(=O)N5)sc23)[C@H](F)C1. The van der Waals surface area contributed by atoms with Crippen LogP contribution in [0.4, 0.5) is 34.6 Å². The first-order chi connectivity index (χ1) is 19.8. The van der Waals surface area contributed by atoms with Crippen LogP contribution in [0.5, 0.6) is 5.75 Å². The molecule has 0 saturated carbocycles. The molecule has 3 aromatic rings. The van der Waals surface area contributed by atoms with E-state index in [4.69, 9.17) is 4.74 Å². The van der Waals surface area contributed by atoms with Gasteiger partial charge < -0.3 is 30.2 Å². The highest BCUT2D eigenvalue weighted by Crippen LogP contribution is 2.45. The lowest BCUT2D eigenvalue weighted by molar-refractivity contribution is -0.127. The van der Waals surface area contributed by atoms with Crippen LogP contribution in [0.3, 0.4) is 0 Å². The Hall–Kier alpha value is -3.26. The number of anilines is 3. The number of likely N-dealkylation sites (tertiary alicyclic amines) is 1. The van der Waals surface area contributed by atoms with Gasteiger partial charge in [-0.25, -0.2) is 4.39 Å². The maximum absolute atomic E-state index is 14.7. The van der Waals surface area contributed by atoms with Crippen molar-refractivity contribution in [2.75, 3.05) is 62.6 Å². The van der Waals surface area contributed by atoms with Crippen LogP contribution in [-0.4, -0.2) is 75.8 Å². The maximum Gasteiger partial charge on any atom is 0.393 e. The smallest absolute Gasteiger partial charge is 0.393 e. The van der Waals surface area contributed by atoms with Crippen LogP contribution in [0.2, 0.25) is 0 Å². The number of hydrogen-bond acceptors (Lipinski definition) is 7. The number of thiophene rings is 1. The minimum Gasteiger partial charge on any atom is -0.479 e. The van der Waals surface area contributed by atoms with Crippen molar-refractivity contribution < 1.29 is 31.7 Å². The van der Waals surface area contributed by atoms with Gasteiger partial charge in [0.15, 0.2) is 12.4 Å². The van der Waals surface area contributed by atoms with Gasteiger partial charge in [-0.05, 0) is 55.9 Å². The maximum atomic E-state index is 14.7. The molecule has 1 saturated heterocycles. The summed E-state index contributed by atoms with van der Waals surface area (Å²) in [6.45, 7) is 4.07. The minimum atomic E-state index is -4.44. The molecule has 1 aromatic heterocycles. The zero-order valence-corrected chi connectivity index (χ0v) is 25.0. The third-order valence-corrected chi connectivity index (χ3v) is 9.91. The van der Waals surface area contributed by atoms with Gasteiger partial charge in [0.2, 0.25) is 0 Å². The van der Waals surface area contributed by atoms with Crippen molar-refractivity contribution in [2.45, 2.75) is 31.2 Å². The van der Waals surface area contributed by atoms with E-state index in [9.17, 15) is 26.9 Å². The van der Waals surface area contributed by atoms with E-state index in [0.29, 0.717) is 51.2 Å². The van der Waals surface area contributed by atoms with Crippen LogP contribution in [-0.2, 0) is 15.8 Å². The van der Waals surface area contributed by atoms with Gasteiger partial charge in [-0.1, -0.05) is 24.0 Å². The summed E-state index contributed by atoms with van der Waals surface area (Å²) in [5.41, 5.74) is 1.54. The molecule has 0 spiro atoms. The molecule has 0 radical (unpaired) electrons. The van der Waals surface area contributed by atoms with Crippen molar-refractivity contribution in [1.29, 1.82) is 0 Å². The quantitative estimate of drug-likeness (QED) is 0.191. The second-order valence-corrected chi connectivity index (χ2v) is 15.1. The summed E-state index contributed by atoms with van der Waals surface area (Å²) in [5.74, 6) is 5.80. The molecule has 0 unspecified atom stereocenters. The zero-order chi connectivity index (χ0) is 30.2. The van der Waals surface area contributed by atoms with Crippen molar-refractivity contribution in [1.82, 2.24) is 4.90 Å². The highest BCUT2D eigenvalue weighted by atomic mass is 32.1. The molecule has 42 heavy (non-hydrogen) atoms. The van der Waals surface area contributed by atoms with Crippen molar-refractivity contribution in [3.63, 3.8) is 0 Å². The van der Waals surface area contributed by atoms with E-state index in [1.165, 1.54) is 0 Å². The van der Waals surface area contributed by atoms with Crippen molar-refractivity contribution in [3.8, 4) is 17.6 Å². The van der Waals surface area contributed by atoms with Gasteiger partial charge in [0, 0.05) is 18.4 Å². The minimum absolute atomic E-state index is 0.0724. The topological polar surface area (TPSA) is 82.7 Å². The highest BCUT2D eigenvalue weighted by molar-refractivity contribution is 7.70. The summed E-state index contributed by atoms with van der Waals surface area (Å²) in [6.07, 6.45) is -6.09. The van der Waals surface area contributed by atoms with Gasteiger partial charge in [0.05, 0.1) is 45.6 Å². The zero-order valence-electron chi connectivity index (χ0n) is 23.3. The fourth-order valence-electron chi connectivity index (χ4n) is 5.19. The molecule has 5 rings (SSSR count). The van der Waals surface area contributed by atoms with Crippen LogP contribution >= 0.6 is 18.5 Å². The highest BCUT2D eigenvalue weighted by Gasteiger charge is 2.32. The molecule has 0 bridgehead atoms. The van der Waals surface area contributed by atoms with E-state index in [1.54, 1.807) is 43.7 Å². The third-order valence-electron chi connectivity index (χ3n) is 7.18. The summed E-state index contributed by atoms with van der Waals surface area (Å²) < 4.78 is 74.5. The average molecular weight is 623 g/mol. The van der Waals surface area contributed by atoms with Crippen LogP contribution in [0, 0.1) is 11.8 Å². The third kappa shape index (κ3) is 6.69. The standard InChI is InChI=1S/C29H31F4N4O3PS/c1-37-13-11-20(19(30)15-37)35-22-7-4-6-17-18(14-29(31,32)33)24(42-28(17)22)8-5-12-34-21-9-10-23(41(2,3)39)26-27(21)40-16-25(38)36-26/h4,6-7,9-10,19-20,34-35H,11-16H2,1-3H3,(H,36,38)/t19-,20+/m1/s1. The predicted octanol–water partition coefficient (Wildman–Crippen LogP) is 5.50. The summed E-state index contributed by atoms with van der Waals surface area (Å²) in [4.78, 5) is 14.1. The molecule has 3 N–H and O–H groups in total. The predicted molar refractivity (Wildman–Crippen MR) is 161 cm³/mol. The lowest BCUT2D eigenvalue weighted by Crippen LogP contribution is -2.46. The molecule has 2 aliphatic heterocycles. The Labute approximate surface area is 245 Å². The Morgan fingerprint density at radius 3 is 2.71 bits per heavy atom. The number of amides is 1. The van der Waals surface area contributed by atoms with Gasteiger partial charge >= 0.3 is 6.18 Å². The van der Waals surface area contributed by atoms with E-state index >= 15 is 0 Å².